The van der Waals surface area contributed by atoms with Gasteiger partial charge in [-0.05, 0) is 70.6 Å². The van der Waals surface area contributed by atoms with Crippen molar-refractivity contribution in [2.75, 3.05) is 11.9 Å². The Morgan fingerprint density at radius 3 is 2.64 bits per heavy atom. The molecule has 0 spiro atoms. The zero-order chi connectivity index (χ0) is 18.2. The zero-order valence-electron chi connectivity index (χ0n) is 13.1. The molecular weight excluding hydrogens is 495 g/mol. The van der Waals surface area contributed by atoms with Crippen LogP contribution in [0.4, 0.5) is 5.69 Å². The molecule has 0 aliphatic carbocycles. The van der Waals surface area contributed by atoms with Crippen molar-refractivity contribution in [1.82, 2.24) is 0 Å². The molecule has 6 heteroatoms. The van der Waals surface area contributed by atoms with Crippen molar-refractivity contribution in [2.24, 2.45) is 0 Å². The number of benzene rings is 2. The summed E-state index contributed by atoms with van der Waals surface area (Å²) in [6.45, 7) is 4.03. The molecule has 0 aliphatic rings. The predicted octanol–water partition coefficient (Wildman–Crippen LogP) is 5.16. The molecule has 0 aromatic heterocycles. The number of halogens is 2. The number of ether oxygens (including phenoxy) is 1. The summed E-state index contributed by atoms with van der Waals surface area (Å²) in [6, 6.07) is 14.5. The molecule has 2 aromatic rings. The first-order valence-corrected chi connectivity index (χ1v) is 9.12. The van der Waals surface area contributed by atoms with Gasteiger partial charge in [0.2, 0.25) is 0 Å². The molecule has 4 nitrogen and oxygen atoms in total. The maximum Gasteiger partial charge on any atom is 0.266 e. The summed E-state index contributed by atoms with van der Waals surface area (Å²) in [5.41, 5.74) is 1.40. The van der Waals surface area contributed by atoms with Gasteiger partial charge in [0.1, 0.15) is 24.0 Å². The second kappa shape index (κ2) is 9.39. The van der Waals surface area contributed by atoms with E-state index in [-0.39, 0.29) is 5.57 Å². The van der Waals surface area contributed by atoms with Crippen molar-refractivity contribution < 1.29 is 9.53 Å². The zero-order valence-corrected chi connectivity index (χ0v) is 16.9. The fourth-order valence-corrected chi connectivity index (χ4v) is 2.88. The van der Waals surface area contributed by atoms with Gasteiger partial charge in [-0.1, -0.05) is 34.7 Å². The minimum absolute atomic E-state index is 0.0264. The number of nitrogens with zero attached hydrogens (tertiary/aromatic N) is 1. The summed E-state index contributed by atoms with van der Waals surface area (Å²) in [6.07, 6.45) is 3.22. The van der Waals surface area contributed by atoms with E-state index in [0.717, 1.165) is 19.4 Å². The van der Waals surface area contributed by atoms with Crippen LogP contribution in [0.5, 0.6) is 5.75 Å². The van der Waals surface area contributed by atoms with Crippen molar-refractivity contribution in [3.05, 3.63) is 74.3 Å². The fourth-order valence-electron chi connectivity index (χ4n) is 1.92. The average molecular weight is 509 g/mol. The molecule has 0 fully saturated rings. The van der Waals surface area contributed by atoms with Gasteiger partial charge in [-0.25, -0.2) is 0 Å². The van der Waals surface area contributed by atoms with E-state index < -0.39 is 5.91 Å². The van der Waals surface area contributed by atoms with Crippen LogP contribution in [-0.4, -0.2) is 12.5 Å². The van der Waals surface area contributed by atoms with Crippen LogP contribution in [0.15, 0.2) is 65.2 Å². The highest BCUT2D eigenvalue weighted by Crippen LogP contribution is 2.23. The van der Waals surface area contributed by atoms with Crippen LogP contribution < -0.4 is 10.1 Å². The number of hydrogen-bond donors (Lipinski definition) is 1. The number of anilines is 1. The van der Waals surface area contributed by atoms with Crippen molar-refractivity contribution in [3.8, 4) is 11.8 Å². The molecule has 0 aliphatic heterocycles. The van der Waals surface area contributed by atoms with Gasteiger partial charge in [0, 0.05) is 10.2 Å². The molecule has 0 heterocycles. The first-order chi connectivity index (χ1) is 12.0. The van der Waals surface area contributed by atoms with E-state index in [2.05, 4.69) is 50.4 Å². The first-order valence-electron chi connectivity index (χ1n) is 7.25. The molecule has 25 heavy (non-hydrogen) atoms. The highest BCUT2D eigenvalue weighted by molar-refractivity contribution is 14.1. The number of hydrogen-bond acceptors (Lipinski definition) is 3. The molecular formula is C19H14BrIN2O2. The Balaban J connectivity index is 2.17. The Morgan fingerprint density at radius 2 is 2.04 bits per heavy atom. The third kappa shape index (κ3) is 5.73. The Morgan fingerprint density at radius 1 is 1.32 bits per heavy atom. The standard InChI is InChI=1S/C19H14BrIN2O2/c1-2-9-25-18-8-3-13(11-17(18)21)10-14(12-22)19(24)23-16-6-4-15(20)5-7-16/h2-8,10-11H,1,9H2,(H,23,24)/b14-10-. The van der Waals surface area contributed by atoms with Crippen molar-refractivity contribution in [1.29, 1.82) is 5.26 Å². The third-order valence-electron chi connectivity index (χ3n) is 3.09. The van der Waals surface area contributed by atoms with Gasteiger partial charge in [0.15, 0.2) is 0 Å². The fraction of sp³-hybridized carbons (Fsp3) is 0.0526. The number of carbonyl (C=O) groups is 1. The smallest absolute Gasteiger partial charge is 0.266 e. The molecule has 0 atom stereocenters. The lowest BCUT2D eigenvalue weighted by Crippen LogP contribution is -2.13. The van der Waals surface area contributed by atoms with Crippen LogP contribution in [0.25, 0.3) is 6.08 Å². The van der Waals surface area contributed by atoms with E-state index in [9.17, 15) is 10.1 Å². The van der Waals surface area contributed by atoms with Crippen LogP contribution in [0.1, 0.15) is 5.56 Å². The summed E-state index contributed by atoms with van der Waals surface area (Å²) < 4.78 is 7.31. The summed E-state index contributed by atoms with van der Waals surface area (Å²) in [7, 11) is 0. The van der Waals surface area contributed by atoms with E-state index >= 15 is 0 Å². The van der Waals surface area contributed by atoms with E-state index in [1.54, 1.807) is 36.4 Å². The first kappa shape index (κ1) is 19.2. The summed E-state index contributed by atoms with van der Waals surface area (Å²) in [5.74, 6) is 0.280. The summed E-state index contributed by atoms with van der Waals surface area (Å²) >= 11 is 5.48. The van der Waals surface area contributed by atoms with Gasteiger partial charge in [0.05, 0.1) is 3.57 Å². The van der Waals surface area contributed by atoms with Gasteiger partial charge >= 0.3 is 0 Å². The van der Waals surface area contributed by atoms with Crippen LogP contribution >= 0.6 is 38.5 Å². The van der Waals surface area contributed by atoms with Gasteiger partial charge < -0.3 is 10.1 Å². The minimum atomic E-state index is -0.452. The Bertz CT molecular complexity index is 855. The van der Waals surface area contributed by atoms with Crippen LogP contribution in [-0.2, 0) is 4.79 Å². The second-order valence-corrected chi connectivity index (χ2v) is 7.00. The molecule has 1 N–H and O–H groups in total. The highest BCUT2D eigenvalue weighted by atomic mass is 127. The Hall–Kier alpha value is -2.11. The lowest BCUT2D eigenvalue weighted by atomic mass is 10.1. The SMILES string of the molecule is C=CCOc1ccc(/C=C(/C#N)C(=O)Nc2ccc(Br)cc2)cc1I. The number of nitrogens with one attached hydrogen (secondary N) is 1. The van der Waals surface area contributed by atoms with Gasteiger partial charge in [0.25, 0.3) is 5.91 Å². The maximum absolute atomic E-state index is 12.3. The van der Waals surface area contributed by atoms with E-state index in [1.165, 1.54) is 0 Å². The molecule has 0 saturated carbocycles. The number of rotatable bonds is 6. The predicted molar refractivity (Wildman–Crippen MR) is 111 cm³/mol. The normalized spacial score (nSPS) is 10.7. The largest absolute Gasteiger partial charge is 0.488 e. The van der Waals surface area contributed by atoms with Gasteiger partial charge in [-0.2, -0.15) is 5.26 Å². The molecule has 2 aromatic carbocycles. The average Bonchev–Trinajstić information content (AvgIpc) is 2.60. The van der Waals surface area contributed by atoms with E-state index in [0.29, 0.717) is 12.3 Å². The number of amides is 1. The quantitative estimate of drug-likeness (QED) is 0.253. The topological polar surface area (TPSA) is 62.1 Å². The van der Waals surface area contributed by atoms with Crippen molar-refractivity contribution >= 4 is 56.2 Å². The molecule has 0 unspecified atom stereocenters. The van der Waals surface area contributed by atoms with Crippen molar-refractivity contribution in [3.63, 3.8) is 0 Å². The monoisotopic (exact) mass is 508 g/mol. The van der Waals surface area contributed by atoms with Crippen LogP contribution in [0, 0.1) is 14.9 Å². The van der Waals surface area contributed by atoms with Crippen molar-refractivity contribution in [2.45, 2.75) is 0 Å². The second-order valence-electron chi connectivity index (χ2n) is 4.92. The van der Waals surface area contributed by atoms with Crippen LogP contribution in [0.3, 0.4) is 0 Å². The summed E-state index contributed by atoms with van der Waals surface area (Å²) in [4.78, 5) is 12.3. The minimum Gasteiger partial charge on any atom is -0.488 e. The molecule has 0 saturated heterocycles. The molecule has 126 valence electrons. The Kier molecular flexibility index (Phi) is 7.22. The third-order valence-corrected chi connectivity index (χ3v) is 4.46. The summed E-state index contributed by atoms with van der Waals surface area (Å²) in [5, 5.41) is 12.0. The molecule has 0 bridgehead atoms. The lowest BCUT2D eigenvalue weighted by Gasteiger charge is -2.07. The molecule has 0 radical (unpaired) electrons. The van der Waals surface area contributed by atoms with E-state index in [4.69, 9.17) is 4.74 Å². The lowest BCUT2D eigenvalue weighted by molar-refractivity contribution is -0.112. The van der Waals surface area contributed by atoms with Gasteiger partial charge in [-0.15, -0.1) is 0 Å². The molecule has 2 rings (SSSR count). The van der Waals surface area contributed by atoms with E-state index in [1.807, 2.05) is 24.3 Å². The number of nitriles is 1. The van der Waals surface area contributed by atoms with Gasteiger partial charge in [-0.3, -0.25) is 4.79 Å². The highest BCUT2D eigenvalue weighted by Gasteiger charge is 2.10. The van der Waals surface area contributed by atoms with Crippen LogP contribution in [0.2, 0.25) is 0 Å². The Labute approximate surface area is 168 Å². The number of carbonyl (C=O) groups excluding carboxylic acids is 1. The molecule has 1 amide bonds. The maximum atomic E-state index is 12.3.